The fourth-order valence-corrected chi connectivity index (χ4v) is 0.916. The number of aromatic nitrogens is 1. The summed E-state index contributed by atoms with van der Waals surface area (Å²) in [5.41, 5.74) is 0.0445. The van der Waals surface area contributed by atoms with Crippen molar-refractivity contribution in [2.45, 2.75) is 0 Å². The van der Waals surface area contributed by atoms with Gasteiger partial charge in [0.05, 0.1) is 0 Å². The Morgan fingerprint density at radius 3 is 2.46 bits per heavy atom. The molecule has 0 spiro atoms. The Bertz CT molecular complexity index is 307. The molecule has 6 heteroatoms. The molecular weight excluding hydrogens is 174 g/mol. The van der Waals surface area contributed by atoms with E-state index in [1.165, 1.54) is 11.1 Å². The van der Waals surface area contributed by atoms with Crippen LogP contribution in [0, 0.1) is 5.82 Å². The van der Waals surface area contributed by atoms with E-state index in [9.17, 15) is 4.39 Å². The van der Waals surface area contributed by atoms with Crippen LogP contribution in [0.15, 0.2) is 12.3 Å². The van der Waals surface area contributed by atoms with Crippen LogP contribution in [0.25, 0.3) is 0 Å². The molecule has 0 aromatic carbocycles. The zero-order chi connectivity index (χ0) is 10.0. The van der Waals surface area contributed by atoms with Gasteiger partial charge in [-0.25, -0.2) is 9.37 Å². The van der Waals surface area contributed by atoms with Crippen molar-refractivity contribution in [3.8, 4) is 0 Å². The summed E-state index contributed by atoms with van der Waals surface area (Å²) < 4.78 is 13.1. The van der Waals surface area contributed by atoms with E-state index < -0.39 is 12.9 Å². The van der Waals surface area contributed by atoms with Crippen LogP contribution < -0.4 is 10.4 Å². The molecule has 4 nitrogen and oxygen atoms in total. The molecule has 0 saturated heterocycles. The first-order valence-corrected chi connectivity index (χ1v) is 3.71. The average molecular weight is 184 g/mol. The SMILES string of the molecule is CN(C)c1ncc(B(O)O)cc1F. The predicted octanol–water partition coefficient (Wildman–Crippen LogP) is -1.03. The Hall–Kier alpha value is -1.14. The largest absolute Gasteiger partial charge is 0.490 e. The van der Waals surface area contributed by atoms with Crippen molar-refractivity contribution < 1.29 is 14.4 Å². The monoisotopic (exact) mass is 184 g/mol. The molecule has 0 radical (unpaired) electrons. The molecule has 1 heterocycles. The molecule has 0 saturated carbocycles. The fourth-order valence-electron chi connectivity index (χ4n) is 0.916. The summed E-state index contributed by atoms with van der Waals surface area (Å²) in [4.78, 5) is 5.23. The summed E-state index contributed by atoms with van der Waals surface area (Å²) in [6, 6.07) is 1.05. The molecule has 0 bridgehead atoms. The van der Waals surface area contributed by atoms with Crippen molar-refractivity contribution in [3.05, 3.63) is 18.1 Å². The lowest BCUT2D eigenvalue weighted by molar-refractivity contribution is 0.425. The highest BCUT2D eigenvalue weighted by Gasteiger charge is 2.15. The summed E-state index contributed by atoms with van der Waals surface area (Å²) in [5.74, 6) is -0.403. The molecule has 1 aromatic rings. The van der Waals surface area contributed by atoms with Gasteiger partial charge < -0.3 is 14.9 Å². The van der Waals surface area contributed by atoms with Crippen molar-refractivity contribution in [1.82, 2.24) is 4.98 Å². The average Bonchev–Trinajstić information content (AvgIpc) is 2.03. The van der Waals surface area contributed by atoms with Gasteiger partial charge in [0.25, 0.3) is 0 Å². The van der Waals surface area contributed by atoms with Gasteiger partial charge in [-0.05, 0) is 6.07 Å². The third-order valence-corrected chi connectivity index (χ3v) is 1.56. The number of pyridine rings is 1. The standard InChI is InChI=1S/C7H10BFN2O2/c1-11(2)7-6(9)3-5(4-10-7)8(12)13/h3-4,12-13H,1-2H3. The van der Waals surface area contributed by atoms with Crippen LogP contribution >= 0.6 is 0 Å². The minimum Gasteiger partial charge on any atom is -0.423 e. The van der Waals surface area contributed by atoms with Crippen LogP contribution in [0.2, 0.25) is 0 Å². The van der Waals surface area contributed by atoms with E-state index in [1.54, 1.807) is 14.1 Å². The molecule has 2 N–H and O–H groups in total. The number of nitrogens with zero attached hydrogens (tertiary/aromatic N) is 2. The van der Waals surface area contributed by atoms with Crippen molar-refractivity contribution in [3.63, 3.8) is 0 Å². The van der Waals surface area contributed by atoms with Crippen LogP contribution in [0.4, 0.5) is 10.2 Å². The van der Waals surface area contributed by atoms with Gasteiger partial charge in [-0.15, -0.1) is 0 Å². The Morgan fingerprint density at radius 2 is 2.08 bits per heavy atom. The quantitative estimate of drug-likeness (QED) is 0.576. The molecule has 1 rings (SSSR count). The molecular formula is C7H10BFN2O2. The summed E-state index contributed by atoms with van der Waals surface area (Å²) in [6.07, 6.45) is 1.23. The first-order chi connectivity index (χ1) is 6.02. The van der Waals surface area contributed by atoms with E-state index >= 15 is 0 Å². The first kappa shape index (κ1) is 9.95. The van der Waals surface area contributed by atoms with Gasteiger partial charge in [0.15, 0.2) is 11.6 Å². The Balaban J connectivity index is 3.06. The second-order valence-corrected chi connectivity index (χ2v) is 2.84. The maximum absolute atomic E-state index is 13.1. The molecule has 0 unspecified atom stereocenters. The van der Waals surface area contributed by atoms with E-state index in [0.29, 0.717) is 0 Å². The van der Waals surface area contributed by atoms with Crippen LogP contribution in [0.3, 0.4) is 0 Å². The van der Waals surface area contributed by atoms with Crippen LogP contribution in [-0.4, -0.2) is 36.2 Å². The lowest BCUT2D eigenvalue weighted by atomic mass is 9.82. The molecule has 0 aliphatic carbocycles. The van der Waals surface area contributed by atoms with Crippen molar-refractivity contribution >= 4 is 18.4 Å². The summed E-state index contributed by atoms with van der Waals surface area (Å²) in [5, 5.41) is 17.4. The number of hydrogen-bond donors (Lipinski definition) is 2. The van der Waals surface area contributed by atoms with E-state index in [-0.39, 0.29) is 11.3 Å². The molecule has 0 fully saturated rings. The summed E-state index contributed by atoms with van der Waals surface area (Å²) >= 11 is 0. The predicted molar refractivity (Wildman–Crippen MR) is 48.3 cm³/mol. The molecule has 0 aliphatic rings. The Kier molecular flexibility index (Phi) is 2.85. The highest BCUT2D eigenvalue weighted by Crippen LogP contribution is 2.10. The van der Waals surface area contributed by atoms with Gasteiger partial charge in [0.2, 0.25) is 0 Å². The van der Waals surface area contributed by atoms with Gasteiger partial charge in [-0.1, -0.05) is 0 Å². The number of rotatable bonds is 2. The fraction of sp³-hybridized carbons (Fsp3) is 0.286. The molecule has 13 heavy (non-hydrogen) atoms. The smallest absolute Gasteiger partial charge is 0.423 e. The van der Waals surface area contributed by atoms with Gasteiger partial charge in [0, 0.05) is 25.8 Å². The normalized spacial score (nSPS) is 9.92. The minimum absolute atomic E-state index is 0.0445. The highest BCUT2D eigenvalue weighted by atomic mass is 19.1. The molecule has 0 aliphatic heterocycles. The summed E-state index contributed by atoms with van der Waals surface area (Å²) in [6.45, 7) is 0. The first-order valence-electron chi connectivity index (χ1n) is 3.71. The second-order valence-electron chi connectivity index (χ2n) is 2.84. The lowest BCUT2D eigenvalue weighted by Gasteiger charge is -2.12. The third-order valence-electron chi connectivity index (χ3n) is 1.56. The number of anilines is 1. The van der Waals surface area contributed by atoms with E-state index in [4.69, 9.17) is 10.0 Å². The second kappa shape index (κ2) is 3.72. The highest BCUT2D eigenvalue weighted by molar-refractivity contribution is 6.58. The zero-order valence-electron chi connectivity index (χ0n) is 7.40. The Labute approximate surface area is 75.8 Å². The maximum atomic E-state index is 13.1. The topological polar surface area (TPSA) is 56.6 Å². The van der Waals surface area contributed by atoms with Crippen LogP contribution in [0.1, 0.15) is 0 Å². The van der Waals surface area contributed by atoms with Crippen LogP contribution in [0.5, 0.6) is 0 Å². The third kappa shape index (κ3) is 2.16. The van der Waals surface area contributed by atoms with Gasteiger partial charge in [0.1, 0.15) is 0 Å². The van der Waals surface area contributed by atoms with Gasteiger partial charge in [-0.2, -0.15) is 0 Å². The van der Waals surface area contributed by atoms with Gasteiger partial charge in [-0.3, -0.25) is 0 Å². The molecule has 1 aromatic heterocycles. The van der Waals surface area contributed by atoms with Crippen LogP contribution in [-0.2, 0) is 0 Å². The minimum atomic E-state index is -1.68. The number of halogens is 1. The zero-order valence-corrected chi connectivity index (χ0v) is 7.40. The molecule has 70 valence electrons. The Morgan fingerprint density at radius 1 is 1.46 bits per heavy atom. The summed E-state index contributed by atoms with van der Waals surface area (Å²) in [7, 11) is 1.62. The van der Waals surface area contributed by atoms with Crippen molar-refractivity contribution in [2.24, 2.45) is 0 Å². The van der Waals surface area contributed by atoms with Crippen molar-refractivity contribution in [1.29, 1.82) is 0 Å². The lowest BCUT2D eigenvalue weighted by Crippen LogP contribution is -2.31. The van der Waals surface area contributed by atoms with Crippen molar-refractivity contribution in [2.75, 3.05) is 19.0 Å². The number of hydrogen-bond acceptors (Lipinski definition) is 4. The van der Waals surface area contributed by atoms with E-state index in [0.717, 1.165) is 6.07 Å². The van der Waals surface area contributed by atoms with E-state index in [1.807, 2.05) is 0 Å². The van der Waals surface area contributed by atoms with E-state index in [2.05, 4.69) is 4.98 Å². The van der Waals surface area contributed by atoms with Gasteiger partial charge >= 0.3 is 7.12 Å². The molecule has 0 amide bonds. The molecule has 0 atom stereocenters. The maximum Gasteiger partial charge on any atom is 0.490 e.